The molecule has 6 N–H and O–H groups in total. The molecule has 1 rings (SSSR count). The number of nitrogens with two attached hydrogens (primary N) is 1. The molecule has 0 aromatic rings. The molecule has 3 amide bonds. The molecule has 1 fully saturated rings. The number of carbonyl (C=O) groups excluding carboxylic acids is 3. The molecule has 0 bridgehead atoms. The number of rotatable bonds is 11. The van der Waals surface area contributed by atoms with Crippen LogP contribution in [0.2, 0.25) is 0 Å². The van der Waals surface area contributed by atoms with Gasteiger partial charge in [-0.1, -0.05) is 0 Å². The maximum absolute atomic E-state index is 12.7. The number of thiol groups is 1. The number of carbonyl (C=O) groups is 4. The van der Waals surface area contributed by atoms with Gasteiger partial charge >= 0.3 is 5.97 Å². The highest BCUT2D eigenvalue weighted by Crippen LogP contribution is 2.19. The minimum Gasteiger partial charge on any atom is -0.480 e. The van der Waals surface area contributed by atoms with Crippen molar-refractivity contribution in [2.75, 3.05) is 24.3 Å². The Morgan fingerprint density at radius 2 is 1.97 bits per heavy atom. The maximum atomic E-state index is 12.7. The number of nitrogens with zero attached hydrogens (tertiary/aromatic N) is 1. The molecule has 0 radical (unpaired) electrons. The van der Waals surface area contributed by atoms with Gasteiger partial charge in [0.15, 0.2) is 6.04 Å². The first-order valence-corrected chi connectivity index (χ1v) is 11.3. The van der Waals surface area contributed by atoms with Crippen molar-refractivity contribution in [1.29, 1.82) is 0 Å². The van der Waals surface area contributed by atoms with Crippen molar-refractivity contribution >= 4 is 48.1 Å². The highest BCUT2D eigenvalue weighted by Gasteiger charge is 2.37. The normalized spacial score (nSPS) is 20.4. The van der Waals surface area contributed by atoms with Crippen LogP contribution in [-0.4, -0.2) is 93.4 Å². The average Bonchev–Trinajstić information content (AvgIpc) is 3.16. The van der Waals surface area contributed by atoms with Crippen molar-refractivity contribution in [1.82, 2.24) is 15.5 Å². The predicted molar refractivity (Wildman–Crippen MR) is 113 cm³/mol. The zero-order chi connectivity index (χ0) is 22.1. The Morgan fingerprint density at radius 1 is 1.31 bits per heavy atom. The minimum atomic E-state index is -1.51. The van der Waals surface area contributed by atoms with Gasteiger partial charge < -0.3 is 31.5 Å². The Bertz CT molecular complexity index is 606. The first-order valence-electron chi connectivity index (χ1n) is 9.31. The highest BCUT2D eigenvalue weighted by molar-refractivity contribution is 7.98. The molecule has 5 atom stereocenters. The zero-order valence-corrected chi connectivity index (χ0v) is 18.2. The minimum absolute atomic E-state index is 0.0857. The summed E-state index contributed by atoms with van der Waals surface area (Å²) in [7, 11) is 0. The molecule has 0 aromatic heterocycles. The van der Waals surface area contributed by atoms with Crippen molar-refractivity contribution in [3.05, 3.63) is 0 Å². The van der Waals surface area contributed by atoms with Gasteiger partial charge in [0.25, 0.3) is 0 Å². The fourth-order valence-corrected chi connectivity index (χ4v) is 3.74. The Labute approximate surface area is 179 Å². The Morgan fingerprint density at radius 3 is 2.48 bits per heavy atom. The second-order valence-corrected chi connectivity index (χ2v) is 8.24. The summed E-state index contributed by atoms with van der Waals surface area (Å²) in [5, 5.41) is 23.3. The Balaban J connectivity index is 2.76. The van der Waals surface area contributed by atoms with Gasteiger partial charge in [0.05, 0.1) is 12.1 Å². The first-order chi connectivity index (χ1) is 13.6. The largest absolute Gasteiger partial charge is 0.480 e. The second-order valence-electron chi connectivity index (χ2n) is 6.89. The Kier molecular flexibility index (Phi) is 10.8. The molecular formula is C17H30N4O6S2. The van der Waals surface area contributed by atoms with Crippen LogP contribution >= 0.6 is 24.4 Å². The molecule has 5 unspecified atom stereocenters. The summed E-state index contributed by atoms with van der Waals surface area (Å²) in [6.45, 7) is 1.64. The number of thioether (sulfide) groups is 1. The van der Waals surface area contributed by atoms with Crippen LogP contribution in [0.3, 0.4) is 0 Å². The molecule has 10 nitrogen and oxygen atoms in total. The Hall–Kier alpha value is -1.50. The van der Waals surface area contributed by atoms with E-state index in [2.05, 4.69) is 23.3 Å². The molecule has 0 spiro atoms. The van der Waals surface area contributed by atoms with Crippen LogP contribution < -0.4 is 16.4 Å². The van der Waals surface area contributed by atoms with Gasteiger partial charge in [-0.05, 0) is 38.2 Å². The molecule has 1 heterocycles. The number of likely N-dealkylation sites (tertiary alicyclic amines) is 1. The fraction of sp³-hybridized carbons (Fsp3) is 0.765. The summed E-state index contributed by atoms with van der Waals surface area (Å²) < 4.78 is 0. The molecule has 1 aliphatic heterocycles. The van der Waals surface area contributed by atoms with E-state index in [4.69, 9.17) is 10.8 Å². The van der Waals surface area contributed by atoms with Gasteiger partial charge in [-0.3, -0.25) is 14.4 Å². The van der Waals surface area contributed by atoms with Crippen LogP contribution in [0.1, 0.15) is 26.2 Å². The number of nitrogens with one attached hydrogen (secondary N) is 2. The van der Waals surface area contributed by atoms with Gasteiger partial charge in [-0.15, -0.1) is 0 Å². The van der Waals surface area contributed by atoms with Crippen molar-refractivity contribution in [3.8, 4) is 0 Å². The van der Waals surface area contributed by atoms with Crippen LogP contribution in [0.15, 0.2) is 0 Å². The van der Waals surface area contributed by atoms with Crippen molar-refractivity contribution in [2.24, 2.45) is 5.73 Å². The standard InChI is InChI=1S/C17H30N4O6S2/c1-9(22)13(17(26)27)20-14(23)11(8-28)19-15(24)12-4-3-6-21(12)16(25)10(18)5-7-29-2/h9-13,22,28H,3-8,18H2,1-2H3,(H,19,24)(H,20,23)(H,26,27). The lowest BCUT2D eigenvalue weighted by Gasteiger charge is -2.28. The van der Waals surface area contributed by atoms with E-state index in [0.29, 0.717) is 25.8 Å². The zero-order valence-electron chi connectivity index (χ0n) is 16.5. The second kappa shape index (κ2) is 12.3. The van der Waals surface area contributed by atoms with Crippen LogP contribution in [-0.2, 0) is 19.2 Å². The van der Waals surface area contributed by atoms with E-state index < -0.39 is 48.1 Å². The van der Waals surface area contributed by atoms with Gasteiger partial charge in [0.1, 0.15) is 12.1 Å². The summed E-state index contributed by atoms with van der Waals surface area (Å²) in [6, 6.07) is -4.07. The van der Waals surface area contributed by atoms with E-state index in [1.54, 1.807) is 11.8 Å². The van der Waals surface area contributed by atoms with Crippen molar-refractivity contribution in [3.63, 3.8) is 0 Å². The van der Waals surface area contributed by atoms with E-state index in [9.17, 15) is 24.3 Å². The van der Waals surface area contributed by atoms with Crippen molar-refractivity contribution < 1.29 is 29.4 Å². The maximum Gasteiger partial charge on any atom is 0.328 e. The fourth-order valence-electron chi connectivity index (χ4n) is 2.99. The summed E-state index contributed by atoms with van der Waals surface area (Å²) in [5.41, 5.74) is 5.94. The topological polar surface area (TPSA) is 162 Å². The van der Waals surface area contributed by atoms with Gasteiger partial charge in [0, 0.05) is 12.3 Å². The number of aliphatic hydroxyl groups excluding tert-OH is 1. The number of hydrogen-bond donors (Lipinski definition) is 6. The third-order valence-corrected chi connectivity index (χ3v) is 5.66. The van der Waals surface area contributed by atoms with E-state index in [0.717, 1.165) is 5.75 Å². The first kappa shape index (κ1) is 25.5. The lowest BCUT2D eigenvalue weighted by atomic mass is 10.1. The third-order valence-electron chi connectivity index (χ3n) is 4.65. The molecule has 1 aliphatic rings. The molecule has 0 aromatic carbocycles. The molecule has 12 heteroatoms. The van der Waals surface area contributed by atoms with Gasteiger partial charge in [0.2, 0.25) is 17.7 Å². The molecule has 1 saturated heterocycles. The summed E-state index contributed by atoms with van der Waals surface area (Å²) >= 11 is 5.62. The van der Waals surface area contributed by atoms with E-state index in [1.165, 1.54) is 11.8 Å². The molecular weight excluding hydrogens is 420 g/mol. The van der Waals surface area contributed by atoms with Gasteiger partial charge in [-0.2, -0.15) is 24.4 Å². The average molecular weight is 451 g/mol. The number of carboxylic acid groups (broad SMARTS) is 1. The molecule has 0 aliphatic carbocycles. The molecule has 29 heavy (non-hydrogen) atoms. The predicted octanol–water partition coefficient (Wildman–Crippen LogP) is -1.58. The van der Waals surface area contributed by atoms with Crippen molar-refractivity contribution in [2.45, 2.75) is 56.5 Å². The lowest BCUT2D eigenvalue weighted by Crippen LogP contribution is -2.58. The lowest BCUT2D eigenvalue weighted by molar-refractivity contribution is -0.145. The van der Waals surface area contributed by atoms with E-state index in [1.807, 2.05) is 6.26 Å². The number of carboxylic acids is 1. The molecule has 0 saturated carbocycles. The number of hydrogen-bond acceptors (Lipinski definition) is 8. The summed E-state index contributed by atoms with van der Waals surface area (Å²) in [5.74, 6) is -2.36. The third kappa shape index (κ3) is 7.36. The quantitative estimate of drug-likeness (QED) is 0.206. The van der Waals surface area contributed by atoms with E-state index in [-0.39, 0.29) is 11.7 Å². The van der Waals surface area contributed by atoms with E-state index >= 15 is 0 Å². The van der Waals surface area contributed by atoms with Gasteiger partial charge in [-0.25, -0.2) is 4.79 Å². The monoisotopic (exact) mass is 450 g/mol. The smallest absolute Gasteiger partial charge is 0.328 e. The number of amides is 3. The number of aliphatic hydroxyl groups is 1. The van der Waals surface area contributed by atoms with Crippen LogP contribution in [0, 0.1) is 0 Å². The van der Waals surface area contributed by atoms with Crippen LogP contribution in [0.5, 0.6) is 0 Å². The SMILES string of the molecule is CSCCC(N)C(=O)N1CCCC1C(=O)NC(CS)C(=O)NC(C(=O)O)C(C)O. The van der Waals surface area contributed by atoms with Crippen LogP contribution in [0.25, 0.3) is 0 Å². The summed E-state index contributed by atoms with van der Waals surface area (Å²) in [4.78, 5) is 50.2. The van der Waals surface area contributed by atoms with Crippen LogP contribution in [0.4, 0.5) is 0 Å². The highest BCUT2D eigenvalue weighted by atomic mass is 32.2. The summed E-state index contributed by atoms with van der Waals surface area (Å²) in [6.07, 6.45) is 2.18. The molecule has 166 valence electrons. The number of aliphatic carboxylic acids is 1.